The van der Waals surface area contributed by atoms with Crippen molar-refractivity contribution in [1.82, 2.24) is 10.3 Å². The molecule has 0 saturated heterocycles. The van der Waals surface area contributed by atoms with Gasteiger partial charge in [0.15, 0.2) is 0 Å². The molecule has 0 atom stereocenters. The molecule has 0 fully saturated rings. The van der Waals surface area contributed by atoms with Gasteiger partial charge in [-0.1, -0.05) is 30.1 Å². The maximum absolute atomic E-state index is 6.23. The first-order valence-corrected chi connectivity index (χ1v) is 8.04. The molecule has 108 valence electrons. The van der Waals surface area contributed by atoms with Gasteiger partial charge >= 0.3 is 0 Å². The Bertz CT molecular complexity index is 546. The fourth-order valence-corrected chi connectivity index (χ4v) is 2.88. The average Bonchev–Trinajstić information content (AvgIpc) is 2.91. The van der Waals surface area contributed by atoms with E-state index in [1.54, 1.807) is 23.6 Å². The highest BCUT2D eigenvalue weighted by Crippen LogP contribution is 2.33. The summed E-state index contributed by atoms with van der Waals surface area (Å²) >= 11 is 13.8. The van der Waals surface area contributed by atoms with Crippen LogP contribution in [0.15, 0.2) is 23.7 Å². The maximum Gasteiger partial charge on any atom is 0.143 e. The molecular weight excluding hydrogens is 315 g/mol. The second-order valence-corrected chi connectivity index (χ2v) is 6.09. The predicted molar refractivity (Wildman–Crippen MR) is 84.9 cm³/mol. The van der Waals surface area contributed by atoms with E-state index in [-0.39, 0.29) is 0 Å². The van der Waals surface area contributed by atoms with E-state index < -0.39 is 0 Å². The summed E-state index contributed by atoms with van der Waals surface area (Å²) in [5.74, 6) is 0.676. The summed E-state index contributed by atoms with van der Waals surface area (Å²) in [6.07, 6.45) is 2.83. The van der Waals surface area contributed by atoms with Gasteiger partial charge in [-0.25, -0.2) is 4.98 Å². The van der Waals surface area contributed by atoms with Gasteiger partial charge in [0.05, 0.1) is 5.02 Å². The summed E-state index contributed by atoms with van der Waals surface area (Å²) in [6, 6.07) is 3.58. The minimum Gasteiger partial charge on any atom is -0.485 e. The molecule has 3 nitrogen and oxygen atoms in total. The van der Waals surface area contributed by atoms with E-state index in [0.717, 1.165) is 23.5 Å². The number of nitrogens with zero attached hydrogens (tertiary/aromatic N) is 1. The van der Waals surface area contributed by atoms with Crippen LogP contribution in [-0.4, -0.2) is 11.5 Å². The smallest absolute Gasteiger partial charge is 0.143 e. The molecule has 0 spiro atoms. The number of benzene rings is 1. The van der Waals surface area contributed by atoms with Gasteiger partial charge in [-0.3, -0.25) is 0 Å². The van der Waals surface area contributed by atoms with Crippen LogP contribution < -0.4 is 10.1 Å². The fraction of sp³-hybridized carbons (Fsp3) is 0.357. The Labute approximate surface area is 132 Å². The standard InChI is InChI=1S/C14H16Cl2N2OS/c1-2-3-17-8-10-6-11(15)7-12(16)14(10)19-9-13-18-4-5-20-13/h4-7,17H,2-3,8-9H2,1H3. The Morgan fingerprint density at radius 3 is 2.90 bits per heavy atom. The van der Waals surface area contributed by atoms with Crippen molar-refractivity contribution in [3.05, 3.63) is 44.3 Å². The number of hydrogen-bond donors (Lipinski definition) is 1. The molecule has 0 aliphatic rings. The van der Waals surface area contributed by atoms with Gasteiger partial charge < -0.3 is 10.1 Å². The normalized spacial score (nSPS) is 10.8. The minimum absolute atomic E-state index is 0.416. The highest BCUT2D eigenvalue weighted by atomic mass is 35.5. The summed E-state index contributed by atoms with van der Waals surface area (Å²) in [7, 11) is 0. The largest absolute Gasteiger partial charge is 0.485 e. The fourth-order valence-electron chi connectivity index (χ4n) is 1.76. The number of halogens is 2. The Kier molecular flexibility index (Phi) is 6.10. The summed E-state index contributed by atoms with van der Waals surface area (Å²) in [4.78, 5) is 4.19. The van der Waals surface area contributed by atoms with Crippen LogP contribution in [0, 0.1) is 0 Å². The molecule has 0 amide bonds. The zero-order valence-corrected chi connectivity index (χ0v) is 13.5. The molecular formula is C14H16Cl2N2OS. The molecule has 0 unspecified atom stereocenters. The molecule has 2 aromatic rings. The summed E-state index contributed by atoms with van der Waals surface area (Å²) in [5, 5.41) is 7.32. The Hall–Kier alpha value is -0.810. The van der Waals surface area contributed by atoms with Crippen LogP contribution in [0.2, 0.25) is 10.0 Å². The number of hydrogen-bond acceptors (Lipinski definition) is 4. The van der Waals surface area contributed by atoms with Crippen molar-refractivity contribution in [2.24, 2.45) is 0 Å². The lowest BCUT2D eigenvalue weighted by Gasteiger charge is -2.13. The molecule has 1 N–H and O–H groups in total. The van der Waals surface area contributed by atoms with Gasteiger partial charge in [0, 0.05) is 28.7 Å². The first kappa shape index (κ1) is 15.6. The predicted octanol–water partition coefficient (Wildman–Crippen LogP) is 4.53. The van der Waals surface area contributed by atoms with Gasteiger partial charge in [0.1, 0.15) is 17.4 Å². The number of aromatic nitrogens is 1. The Morgan fingerprint density at radius 2 is 2.20 bits per heavy atom. The number of rotatable bonds is 7. The van der Waals surface area contributed by atoms with Crippen molar-refractivity contribution in [3.8, 4) is 5.75 Å². The summed E-state index contributed by atoms with van der Waals surface area (Å²) in [6.45, 7) is 4.16. The van der Waals surface area contributed by atoms with E-state index in [0.29, 0.717) is 28.9 Å². The van der Waals surface area contributed by atoms with E-state index in [9.17, 15) is 0 Å². The van der Waals surface area contributed by atoms with Gasteiger partial charge in [0.25, 0.3) is 0 Å². The van der Waals surface area contributed by atoms with Gasteiger partial charge in [-0.05, 0) is 25.1 Å². The highest BCUT2D eigenvalue weighted by Gasteiger charge is 2.11. The van der Waals surface area contributed by atoms with Gasteiger partial charge in [-0.15, -0.1) is 11.3 Å². The van der Waals surface area contributed by atoms with Crippen molar-refractivity contribution in [2.45, 2.75) is 26.5 Å². The van der Waals surface area contributed by atoms with Crippen molar-refractivity contribution in [3.63, 3.8) is 0 Å². The van der Waals surface area contributed by atoms with Crippen LogP contribution in [0.1, 0.15) is 23.9 Å². The van der Waals surface area contributed by atoms with Crippen LogP contribution in [0.25, 0.3) is 0 Å². The zero-order valence-electron chi connectivity index (χ0n) is 11.2. The van der Waals surface area contributed by atoms with Crippen LogP contribution >= 0.6 is 34.5 Å². The van der Waals surface area contributed by atoms with E-state index in [1.165, 1.54) is 0 Å². The minimum atomic E-state index is 0.416. The van der Waals surface area contributed by atoms with E-state index in [2.05, 4.69) is 17.2 Å². The van der Waals surface area contributed by atoms with Crippen molar-refractivity contribution >= 4 is 34.5 Å². The first-order valence-electron chi connectivity index (χ1n) is 6.40. The highest BCUT2D eigenvalue weighted by molar-refractivity contribution is 7.09. The van der Waals surface area contributed by atoms with Gasteiger partial charge in [-0.2, -0.15) is 0 Å². The summed E-state index contributed by atoms with van der Waals surface area (Å²) < 4.78 is 5.82. The zero-order chi connectivity index (χ0) is 14.4. The molecule has 0 bridgehead atoms. The third-order valence-corrected chi connectivity index (χ3v) is 3.90. The molecule has 0 aliphatic carbocycles. The molecule has 20 heavy (non-hydrogen) atoms. The van der Waals surface area contributed by atoms with Crippen LogP contribution in [0.3, 0.4) is 0 Å². The van der Waals surface area contributed by atoms with Crippen LogP contribution in [0.4, 0.5) is 0 Å². The monoisotopic (exact) mass is 330 g/mol. The third kappa shape index (κ3) is 4.35. The molecule has 6 heteroatoms. The van der Waals surface area contributed by atoms with Crippen molar-refractivity contribution in [1.29, 1.82) is 0 Å². The SMILES string of the molecule is CCCNCc1cc(Cl)cc(Cl)c1OCc1nccs1. The molecule has 1 aromatic carbocycles. The first-order chi connectivity index (χ1) is 9.70. The molecule has 1 aromatic heterocycles. The molecule has 0 aliphatic heterocycles. The second kappa shape index (κ2) is 7.84. The van der Waals surface area contributed by atoms with E-state index in [4.69, 9.17) is 27.9 Å². The maximum atomic E-state index is 6.23. The van der Waals surface area contributed by atoms with E-state index >= 15 is 0 Å². The van der Waals surface area contributed by atoms with Crippen molar-refractivity contribution in [2.75, 3.05) is 6.54 Å². The van der Waals surface area contributed by atoms with Crippen LogP contribution in [0.5, 0.6) is 5.75 Å². The second-order valence-electron chi connectivity index (χ2n) is 4.27. The number of ether oxygens (including phenoxy) is 1. The molecule has 2 rings (SSSR count). The lowest BCUT2D eigenvalue weighted by molar-refractivity contribution is 0.301. The number of thiazole rings is 1. The average molecular weight is 331 g/mol. The van der Waals surface area contributed by atoms with Crippen LogP contribution in [-0.2, 0) is 13.2 Å². The number of nitrogens with one attached hydrogen (secondary N) is 1. The van der Waals surface area contributed by atoms with Gasteiger partial charge in [0.2, 0.25) is 0 Å². The quantitative estimate of drug-likeness (QED) is 0.757. The molecule has 1 heterocycles. The van der Waals surface area contributed by atoms with E-state index in [1.807, 2.05) is 11.4 Å². The topological polar surface area (TPSA) is 34.1 Å². The Morgan fingerprint density at radius 1 is 1.35 bits per heavy atom. The lowest BCUT2D eigenvalue weighted by Crippen LogP contribution is -2.15. The summed E-state index contributed by atoms with van der Waals surface area (Å²) in [5.41, 5.74) is 0.965. The third-order valence-electron chi connectivity index (χ3n) is 2.65. The molecule has 0 radical (unpaired) electrons. The Balaban J connectivity index is 2.11. The van der Waals surface area contributed by atoms with Crippen molar-refractivity contribution < 1.29 is 4.74 Å². The lowest BCUT2D eigenvalue weighted by atomic mass is 10.2. The molecule has 0 saturated carbocycles.